The van der Waals surface area contributed by atoms with Crippen LogP contribution in [0.1, 0.15) is 13.3 Å². The molecule has 1 N–H and O–H groups in total. The number of carboxylic acid groups (broad SMARTS) is 2. The average molecular weight is 160 g/mol. The molecule has 0 aliphatic heterocycles. The Bertz CT molecular complexity index is 162. The van der Waals surface area contributed by atoms with Gasteiger partial charge < -0.3 is 24.9 Å². The summed E-state index contributed by atoms with van der Waals surface area (Å²) < 4.78 is 0. The molecule has 5 nitrogen and oxygen atoms in total. The number of carboxylic acids is 2. The Balaban J connectivity index is 4.12. The van der Waals surface area contributed by atoms with Crippen molar-refractivity contribution in [3.05, 3.63) is 0 Å². The van der Waals surface area contributed by atoms with Crippen LogP contribution in [-0.4, -0.2) is 23.1 Å². The van der Waals surface area contributed by atoms with E-state index in [1.165, 1.54) is 6.92 Å². The van der Waals surface area contributed by atoms with Crippen LogP contribution in [0.25, 0.3) is 0 Å². The number of aliphatic carboxylic acids is 2. The molecule has 0 aliphatic carbocycles. The zero-order valence-electron chi connectivity index (χ0n) is 5.94. The summed E-state index contributed by atoms with van der Waals surface area (Å²) in [6.07, 6.45) is -1.96. The molecule has 0 radical (unpaired) electrons. The average Bonchev–Trinajstić information content (AvgIpc) is 1.81. The molecular formula is C6H8O5-2. The highest BCUT2D eigenvalue weighted by Gasteiger charge is 2.15. The van der Waals surface area contributed by atoms with Crippen molar-refractivity contribution in [2.75, 3.05) is 0 Å². The van der Waals surface area contributed by atoms with E-state index in [0.717, 1.165) is 0 Å². The lowest BCUT2D eigenvalue weighted by Gasteiger charge is -2.20. The van der Waals surface area contributed by atoms with Gasteiger partial charge in [-0.05, 0) is 13.3 Å². The largest absolute Gasteiger partial charge is 0.550 e. The van der Waals surface area contributed by atoms with Crippen molar-refractivity contribution in [3.8, 4) is 0 Å². The van der Waals surface area contributed by atoms with Crippen molar-refractivity contribution in [1.29, 1.82) is 0 Å². The Morgan fingerprint density at radius 1 is 1.45 bits per heavy atom. The first-order chi connectivity index (χ1) is 4.95. The minimum Gasteiger partial charge on any atom is -0.550 e. The van der Waals surface area contributed by atoms with Crippen LogP contribution in [0, 0.1) is 5.92 Å². The summed E-state index contributed by atoms with van der Waals surface area (Å²) in [5.41, 5.74) is 0. The summed E-state index contributed by atoms with van der Waals surface area (Å²) in [6, 6.07) is 0. The molecule has 2 unspecified atom stereocenters. The Hall–Kier alpha value is -1.10. The first-order valence-corrected chi connectivity index (χ1v) is 3.04. The van der Waals surface area contributed by atoms with Crippen molar-refractivity contribution < 1.29 is 24.9 Å². The first kappa shape index (κ1) is 9.90. The van der Waals surface area contributed by atoms with Gasteiger partial charge in [0.15, 0.2) is 0 Å². The highest BCUT2D eigenvalue weighted by atomic mass is 16.4. The van der Waals surface area contributed by atoms with Gasteiger partial charge in [0.1, 0.15) is 0 Å². The van der Waals surface area contributed by atoms with Crippen LogP contribution in [0.4, 0.5) is 0 Å². The maximum Gasteiger partial charge on any atom is 0.0596 e. The fourth-order valence-electron chi connectivity index (χ4n) is 0.630. The Morgan fingerprint density at radius 2 is 1.91 bits per heavy atom. The highest BCUT2D eigenvalue weighted by Crippen LogP contribution is 2.06. The van der Waals surface area contributed by atoms with E-state index >= 15 is 0 Å². The van der Waals surface area contributed by atoms with Gasteiger partial charge in [-0.3, -0.25) is 0 Å². The topological polar surface area (TPSA) is 100 Å². The third-order valence-electron chi connectivity index (χ3n) is 1.27. The Labute approximate surface area is 63.3 Å². The lowest BCUT2D eigenvalue weighted by atomic mass is 10.0. The third-order valence-corrected chi connectivity index (χ3v) is 1.27. The molecule has 0 saturated heterocycles. The third kappa shape index (κ3) is 3.57. The molecule has 0 heterocycles. The second-order valence-corrected chi connectivity index (χ2v) is 2.24. The van der Waals surface area contributed by atoms with Gasteiger partial charge in [-0.1, -0.05) is 0 Å². The fourth-order valence-corrected chi connectivity index (χ4v) is 0.630. The standard InChI is InChI=1S/C6H10O5/c1-3(7)4(6(10)11)2-5(8)9/h3-4,7H,2H2,1H3,(H,8,9)(H,10,11)/p-2. The maximum atomic E-state index is 10.1. The van der Waals surface area contributed by atoms with E-state index in [2.05, 4.69) is 0 Å². The highest BCUT2D eigenvalue weighted by molar-refractivity contribution is 5.75. The number of rotatable bonds is 4. The zero-order valence-corrected chi connectivity index (χ0v) is 5.94. The van der Waals surface area contributed by atoms with Crippen molar-refractivity contribution in [1.82, 2.24) is 0 Å². The predicted molar refractivity (Wildman–Crippen MR) is 29.8 cm³/mol. The molecule has 0 amide bonds. The van der Waals surface area contributed by atoms with E-state index in [1.807, 2.05) is 0 Å². The molecule has 2 atom stereocenters. The quantitative estimate of drug-likeness (QED) is 0.468. The van der Waals surface area contributed by atoms with Crippen LogP contribution in [0.2, 0.25) is 0 Å². The number of hydrogen-bond donors (Lipinski definition) is 1. The van der Waals surface area contributed by atoms with Crippen LogP contribution in [-0.2, 0) is 9.59 Å². The monoisotopic (exact) mass is 160 g/mol. The first-order valence-electron chi connectivity index (χ1n) is 3.04. The molecule has 0 bridgehead atoms. The summed E-state index contributed by atoms with van der Waals surface area (Å²) in [5, 5.41) is 28.7. The summed E-state index contributed by atoms with van der Waals surface area (Å²) in [7, 11) is 0. The molecule has 0 aromatic carbocycles. The molecular weight excluding hydrogens is 152 g/mol. The molecule has 0 fully saturated rings. The molecule has 0 aromatic rings. The van der Waals surface area contributed by atoms with Crippen LogP contribution >= 0.6 is 0 Å². The van der Waals surface area contributed by atoms with Crippen LogP contribution in [0.3, 0.4) is 0 Å². The van der Waals surface area contributed by atoms with E-state index in [-0.39, 0.29) is 0 Å². The van der Waals surface area contributed by atoms with Crippen LogP contribution in [0.5, 0.6) is 0 Å². The zero-order chi connectivity index (χ0) is 9.02. The van der Waals surface area contributed by atoms with E-state index in [9.17, 15) is 19.8 Å². The number of carbonyl (C=O) groups excluding carboxylic acids is 2. The molecule has 11 heavy (non-hydrogen) atoms. The fraction of sp³-hybridized carbons (Fsp3) is 0.667. The summed E-state index contributed by atoms with van der Waals surface area (Å²) in [5.74, 6) is -4.48. The van der Waals surface area contributed by atoms with Crippen LogP contribution in [0.15, 0.2) is 0 Å². The smallest absolute Gasteiger partial charge is 0.0596 e. The predicted octanol–water partition coefficient (Wildman–Crippen LogP) is -3.13. The summed E-state index contributed by atoms with van der Waals surface area (Å²) in [4.78, 5) is 20.0. The van der Waals surface area contributed by atoms with Gasteiger partial charge in [0.25, 0.3) is 0 Å². The van der Waals surface area contributed by atoms with Gasteiger partial charge in [0.05, 0.1) is 6.10 Å². The number of carbonyl (C=O) groups is 2. The second-order valence-electron chi connectivity index (χ2n) is 2.24. The van der Waals surface area contributed by atoms with E-state index < -0.39 is 30.4 Å². The van der Waals surface area contributed by atoms with Crippen molar-refractivity contribution in [2.45, 2.75) is 19.4 Å². The van der Waals surface area contributed by atoms with Crippen molar-refractivity contribution >= 4 is 11.9 Å². The number of aliphatic hydroxyl groups excluding tert-OH is 1. The molecule has 0 aromatic heterocycles. The lowest BCUT2D eigenvalue weighted by molar-refractivity contribution is -0.323. The van der Waals surface area contributed by atoms with E-state index in [1.54, 1.807) is 0 Å². The molecule has 0 rings (SSSR count). The summed E-state index contributed by atoms with van der Waals surface area (Å²) in [6.45, 7) is 1.18. The SMILES string of the molecule is CC(O)C(CC(=O)[O-])C(=O)[O-]. The van der Waals surface area contributed by atoms with Gasteiger partial charge in [-0.25, -0.2) is 0 Å². The van der Waals surface area contributed by atoms with Crippen molar-refractivity contribution in [2.24, 2.45) is 5.92 Å². The molecule has 0 saturated carbocycles. The molecule has 0 spiro atoms. The molecule has 5 heteroatoms. The Morgan fingerprint density at radius 3 is 2.00 bits per heavy atom. The lowest BCUT2D eigenvalue weighted by Crippen LogP contribution is -2.41. The minimum atomic E-state index is -1.58. The number of hydrogen-bond acceptors (Lipinski definition) is 5. The molecule has 0 aliphatic rings. The second kappa shape index (κ2) is 3.92. The van der Waals surface area contributed by atoms with E-state index in [4.69, 9.17) is 5.11 Å². The maximum absolute atomic E-state index is 10.1. The van der Waals surface area contributed by atoms with Gasteiger partial charge in [-0.15, -0.1) is 0 Å². The van der Waals surface area contributed by atoms with Gasteiger partial charge >= 0.3 is 0 Å². The minimum absolute atomic E-state index is 0.722. The summed E-state index contributed by atoms with van der Waals surface area (Å²) >= 11 is 0. The van der Waals surface area contributed by atoms with Gasteiger partial charge in [0, 0.05) is 17.9 Å². The normalized spacial score (nSPS) is 15.5. The van der Waals surface area contributed by atoms with E-state index in [0.29, 0.717) is 0 Å². The van der Waals surface area contributed by atoms with Crippen molar-refractivity contribution in [3.63, 3.8) is 0 Å². The Kier molecular flexibility index (Phi) is 3.53. The number of aliphatic hydroxyl groups is 1. The molecule has 64 valence electrons. The van der Waals surface area contributed by atoms with Crippen LogP contribution < -0.4 is 10.2 Å². The van der Waals surface area contributed by atoms with Gasteiger partial charge in [-0.2, -0.15) is 0 Å². The van der Waals surface area contributed by atoms with Gasteiger partial charge in [0.2, 0.25) is 0 Å².